The molecule has 0 unspecified atom stereocenters. The van der Waals surface area contributed by atoms with Gasteiger partial charge in [0.2, 0.25) is 0 Å². The quantitative estimate of drug-likeness (QED) is 0.716. The largest absolute Gasteiger partial charge is 0.331 e. The first-order valence-electron chi connectivity index (χ1n) is 5.60. The predicted molar refractivity (Wildman–Crippen MR) is 67.7 cm³/mol. The van der Waals surface area contributed by atoms with Gasteiger partial charge in [-0.1, -0.05) is 0 Å². The van der Waals surface area contributed by atoms with Crippen molar-refractivity contribution in [1.82, 2.24) is 5.32 Å². The molecule has 1 aromatic carbocycles. The molecular weight excluding hydrogens is 232 g/mol. The van der Waals surface area contributed by atoms with E-state index in [-0.39, 0.29) is 24.1 Å². The van der Waals surface area contributed by atoms with Crippen molar-refractivity contribution in [3.63, 3.8) is 0 Å². The number of hydrogen-bond donors (Lipinski definition) is 2. The van der Waals surface area contributed by atoms with Gasteiger partial charge >= 0.3 is 0 Å². The number of nitrogens with zero attached hydrogens (tertiary/aromatic N) is 3. The van der Waals surface area contributed by atoms with Crippen molar-refractivity contribution in [1.29, 1.82) is 0 Å². The standard InChI is InChI=1S/C12H12N4O2/c1-6-3-8-9(4-7(6)2)16(18)11-10(15-8)12(17)14-5-13-11/h3-4,18H,5H2,1-2H3,(H,14,17). The van der Waals surface area contributed by atoms with Crippen molar-refractivity contribution in [2.75, 3.05) is 11.7 Å². The highest BCUT2D eigenvalue weighted by Gasteiger charge is 2.32. The second kappa shape index (κ2) is 3.64. The molecule has 0 fully saturated rings. The van der Waals surface area contributed by atoms with E-state index in [2.05, 4.69) is 15.3 Å². The third kappa shape index (κ3) is 1.42. The molecule has 1 aromatic rings. The normalized spacial score (nSPS) is 17.5. The lowest BCUT2D eigenvalue weighted by molar-refractivity contribution is -0.114. The van der Waals surface area contributed by atoms with E-state index in [0.717, 1.165) is 16.2 Å². The molecule has 0 bridgehead atoms. The molecule has 0 aliphatic carbocycles. The fourth-order valence-corrected chi connectivity index (χ4v) is 1.99. The van der Waals surface area contributed by atoms with Crippen molar-refractivity contribution in [3.8, 4) is 0 Å². The van der Waals surface area contributed by atoms with Crippen LogP contribution in [-0.4, -0.2) is 29.3 Å². The topological polar surface area (TPSA) is 77.3 Å². The average Bonchev–Trinajstić information content (AvgIpc) is 2.34. The van der Waals surface area contributed by atoms with Gasteiger partial charge in [0.15, 0.2) is 11.5 Å². The molecule has 18 heavy (non-hydrogen) atoms. The Morgan fingerprint density at radius 1 is 1.33 bits per heavy atom. The minimum atomic E-state index is -0.317. The summed E-state index contributed by atoms with van der Waals surface area (Å²) in [5.74, 6) is -0.113. The summed E-state index contributed by atoms with van der Waals surface area (Å²) in [6.45, 7) is 4.07. The van der Waals surface area contributed by atoms with E-state index in [9.17, 15) is 10.0 Å². The highest BCUT2D eigenvalue weighted by Crippen LogP contribution is 2.34. The lowest BCUT2D eigenvalue weighted by Crippen LogP contribution is -2.49. The number of carbonyl (C=O) groups is 1. The fourth-order valence-electron chi connectivity index (χ4n) is 1.99. The third-order valence-electron chi connectivity index (χ3n) is 3.15. The number of hydrogen-bond acceptors (Lipinski definition) is 5. The molecule has 3 rings (SSSR count). The van der Waals surface area contributed by atoms with E-state index >= 15 is 0 Å². The second-order valence-electron chi connectivity index (χ2n) is 4.34. The van der Waals surface area contributed by atoms with E-state index in [0.29, 0.717) is 11.4 Å². The van der Waals surface area contributed by atoms with Gasteiger partial charge in [-0.3, -0.25) is 10.0 Å². The molecule has 6 heteroatoms. The van der Waals surface area contributed by atoms with Crippen molar-refractivity contribution >= 4 is 28.8 Å². The van der Waals surface area contributed by atoms with E-state index in [4.69, 9.17) is 0 Å². The molecule has 0 radical (unpaired) electrons. The van der Waals surface area contributed by atoms with Gasteiger partial charge in [0, 0.05) is 0 Å². The summed E-state index contributed by atoms with van der Waals surface area (Å²) in [5, 5.41) is 13.6. The highest BCUT2D eigenvalue weighted by atomic mass is 16.5. The number of carbonyl (C=O) groups excluding carboxylic acids is 1. The minimum Gasteiger partial charge on any atom is -0.331 e. The number of nitrogens with one attached hydrogen (secondary N) is 1. The van der Waals surface area contributed by atoms with Crippen LogP contribution in [0.3, 0.4) is 0 Å². The molecular formula is C12H12N4O2. The zero-order valence-corrected chi connectivity index (χ0v) is 10.1. The average molecular weight is 244 g/mol. The van der Waals surface area contributed by atoms with Gasteiger partial charge in [-0.05, 0) is 37.1 Å². The molecule has 0 aromatic heterocycles. The van der Waals surface area contributed by atoms with Crippen LogP contribution in [-0.2, 0) is 4.79 Å². The van der Waals surface area contributed by atoms with Crippen molar-refractivity contribution in [2.24, 2.45) is 9.98 Å². The fraction of sp³-hybridized carbons (Fsp3) is 0.250. The summed E-state index contributed by atoms with van der Waals surface area (Å²) < 4.78 is 0. The first kappa shape index (κ1) is 10.9. The van der Waals surface area contributed by atoms with Gasteiger partial charge in [0.1, 0.15) is 6.67 Å². The summed E-state index contributed by atoms with van der Waals surface area (Å²) in [5.41, 5.74) is 3.39. The van der Waals surface area contributed by atoms with Crippen LogP contribution in [0.1, 0.15) is 11.1 Å². The number of amidine groups is 1. The zero-order valence-electron chi connectivity index (χ0n) is 10.1. The van der Waals surface area contributed by atoms with Gasteiger partial charge in [0.25, 0.3) is 5.91 Å². The molecule has 0 saturated heterocycles. The molecule has 2 heterocycles. The summed E-state index contributed by atoms with van der Waals surface area (Å²) in [6.07, 6.45) is 0. The monoisotopic (exact) mass is 244 g/mol. The van der Waals surface area contributed by atoms with Gasteiger partial charge < -0.3 is 5.32 Å². The summed E-state index contributed by atoms with van der Waals surface area (Å²) >= 11 is 0. The predicted octanol–water partition coefficient (Wildman–Crippen LogP) is 1.07. The number of amides is 1. The molecule has 1 amide bonds. The van der Waals surface area contributed by atoms with Crippen LogP contribution < -0.4 is 10.4 Å². The van der Waals surface area contributed by atoms with Crippen LogP contribution in [0.4, 0.5) is 11.4 Å². The van der Waals surface area contributed by atoms with Gasteiger partial charge in [-0.25, -0.2) is 15.0 Å². The van der Waals surface area contributed by atoms with Crippen LogP contribution >= 0.6 is 0 Å². The highest BCUT2D eigenvalue weighted by molar-refractivity contribution is 6.70. The summed E-state index contributed by atoms with van der Waals surface area (Å²) in [6, 6.07) is 3.68. The van der Waals surface area contributed by atoms with Crippen LogP contribution in [0, 0.1) is 13.8 Å². The molecule has 92 valence electrons. The first-order chi connectivity index (χ1) is 8.58. The molecule has 6 nitrogen and oxygen atoms in total. The molecule has 2 aliphatic rings. The minimum absolute atomic E-state index is 0.152. The van der Waals surface area contributed by atoms with E-state index in [1.54, 1.807) is 0 Å². The summed E-state index contributed by atoms with van der Waals surface area (Å²) in [7, 11) is 0. The van der Waals surface area contributed by atoms with Gasteiger partial charge in [-0.15, -0.1) is 0 Å². The number of benzene rings is 1. The Morgan fingerprint density at radius 2 is 2.06 bits per heavy atom. The molecule has 0 saturated carbocycles. The van der Waals surface area contributed by atoms with Crippen LogP contribution in [0.25, 0.3) is 0 Å². The van der Waals surface area contributed by atoms with E-state index < -0.39 is 0 Å². The summed E-state index contributed by atoms with van der Waals surface area (Å²) in [4.78, 5) is 20.0. The number of anilines is 1. The Morgan fingerprint density at radius 3 is 2.83 bits per heavy atom. The molecule has 0 spiro atoms. The number of fused-ring (bicyclic) bond motifs is 2. The number of rotatable bonds is 0. The lowest BCUT2D eigenvalue weighted by atomic mass is 10.1. The van der Waals surface area contributed by atoms with Crippen molar-refractivity contribution in [2.45, 2.75) is 13.8 Å². The lowest BCUT2D eigenvalue weighted by Gasteiger charge is -2.28. The Labute approximate surface area is 104 Å². The number of aryl methyl sites for hydroxylation is 2. The molecule has 2 aliphatic heterocycles. The first-order valence-corrected chi connectivity index (χ1v) is 5.60. The van der Waals surface area contributed by atoms with Gasteiger partial charge in [-0.2, -0.15) is 0 Å². The number of aliphatic imine (C=N–C) groups is 2. The Bertz CT molecular complexity index is 619. The third-order valence-corrected chi connectivity index (χ3v) is 3.15. The van der Waals surface area contributed by atoms with Gasteiger partial charge in [0.05, 0.1) is 11.4 Å². The Hall–Kier alpha value is -2.21. The van der Waals surface area contributed by atoms with E-state index in [1.165, 1.54) is 0 Å². The van der Waals surface area contributed by atoms with Crippen LogP contribution in [0.15, 0.2) is 22.1 Å². The second-order valence-corrected chi connectivity index (χ2v) is 4.34. The molecule has 2 N–H and O–H groups in total. The van der Waals surface area contributed by atoms with Crippen LogP contribution in [0.2, 0.25) is 0 Å². The number of hydroxylamine groups is 1. The maximum Gasteiger partial charge on any atom is 0.275 e. The zero-order chi connectivity index (χ0) is 12.9. The molecule has 0 atom stereocenters. The smallest absolute Gasteiger partial charge is 0.275 e. The van der Waals surface area contributed by atoms with Crippen LogP contribution in [0.5, 0.6) is 0 Å². The maximum absolute atomic E-state index is 11.7. The Balaban J connectivity index is 2.24. The Kier molecular flexibility index (Phi) is 2.21. The van der Waals surface area contributed by atoms with Crippen molar-refractivity contribution < 1.29 is 10.0 Å². The van der Waals surface area contributed by atoms with Crippen molar-refractivity contribution in [3.05, 3.63) is 23.3 Å². The SMILES string of the molecule is Cc1cc2c(cc1C)N(O)C1=NCNC(=O)C1=N2. The maximum atomic E-state index is 11.7. The van der Waals surface area contributed by atoms with E-state index in [1.807, 2.05) is 26.0 Å².